The van der Waals surface area contributed by atoms with Crippen molar-refractivity contribution >= 4 is 15.9 Å². The van der Waals surface area contributed by atoms with E-state index in [2.05, 4.69) is 6.92 Å². The van der Waals surface area contributed by atoms with Gasteiger partial charge in [0, 0.05) is 31.7 Å². The third-order valence-electron chi connectivity index (χ3n) is 5.17. The Kier molecular flexibility index (Phi) is 5.46. The normalized spacial score (nSPS) is 23.6. The van der Waals surface area contributed by atoms with Crippen LogP contribution in [0, 0.1) is 5.92 Å². The fraction of sp³-hybridized carbons (Fsp3) is 0.611. The van der Waals surface area contributed by atoms with E-state index in [9.17, 15) is 18.3 Å². The number of benzene rings is 1. The molecule has 2 fully saturated rings. The van der Waals surface area contributed by atoms with Crippen LogP contribution in [0.3, 0.4) is 0 Å². The molecular formula is C18H26N2O4S. The van der Waals surface area contributed by atoms with Crippen molar-refractivity contribution in [1.82, 2.24) is 9.21 Å². The Labute approximate surface area is 149 Å². The maximum Gasteiger partial charge on any atom is 0.253 e. The smallest absolute Gasteiger partial charge is 0.253 e. The summed E-state index contributed by atoms with van der Waals surface area (Å²) in [7, 11) is -3.62. The summed E-state index contributed by atoms with van der Waals surface area (Å²) in [5, 5.41) is 9.71. The number of likely N-dealkylation sites (tertiary alicyclic amines) is 1. The van der Waals surface area contributed by atoms with Crippen LogP contribution in [-0.2, 0) is 10.0 Å². The van der Waals surface area contributed by atoms with Crippen LogP contribution < -0.4 is 0 Å². The Balaban J connectivity index is 1.72. The van der Waals surface area contributed by atoms with Crippen LogP contribution in [0.4, 0.5) is 0 Å². The molecule has 2 aliphatic rings. The van der Waals surface area contributed by atoms with Crippen molar-refractivity contribution in [3.63, 3.8) is 0 Å². The van der Waals surface area contributed by atoms with Gasteiger partial charge in [0.1, 0.15) is 0 Å². The van der Waals surface area contributed by atoms with E-state index in [0.29, 0.717) is 30.9 Å². The Hall–Kier alpha value is -1.44. The summed E-state index contributed by atoms with van der Waals surface area (Å²) in [6.07, 6.45) is 2.70. The highest BCUT2D eigenvalue weighted by Crippen LogP contribution is 2.22. The van der Waals surface area contributed by atoms with Gasteiger partial charge in [0.05, 0.1) is 11.0 Å². The van der Waals surface area contributed by atoms with Crippen LogP contribution in [0.2, 0.25) is 0 Å². The van der Waals surface area contributed by atoms with Crippen LogP contribution >= 0.6 is 0 Å². The number of nitrogens with zero attached hydrogens (tertiary/aromatic N) is 2. The predicted octanol–water partition coefficient (Wildman–Crippen LogP) is 1.70. The second-order valence-electron chi connectivity index (χ2n) is 7.16. The van der Waals surface area contributed by atoms with Crippen LogP contribution in [0.25, 0.3) is 0 Å². The minimum absolute atomic E-state index is 0.0377. The largest absolute Gasteiger partial charge is 0.392 e. The molecular weight excluding hydrogens is 340 g/mol. The van der Waals surface area contributed by atoms with Crippen LogP contribution in [-0.4, -0.2) is 60.9 Å². The molecule has 6 nitrogen and oxygen atoms in total. The molecule has 2 aliphatic heterocycles. The summed E-state index contributed by atoms with van der Waals surface area (Å²) in [5.41, 5.74) is 0.521. The molecule has 0 unspecified atom stereocenters. The molecule has 2 heterocycles. The summed E-state index contributed by atoms with van der Waals surface area (Å²) in [6.45, 7) is 4.26. The number of sulfonamides is 1. The van der Waals surface area contributed by atoms with Gasteiger partial charge in [-0.3, -0.25) is 4.79 Å². The monoisotopic (exact) mass is 366 g/mol. The molecule has 25 heavy (non-hydrogen) atoms. The highest BCUT2D eigenvalue weighted by molar-refractivity contribution is 7.89. The summed E-state index contributed by atoms with van der Waals surface area (Å²) in [5.74, 6) is 0.612. The van der Waals surface area contributed by atoms with Crippen molar-refractivity contribution < 1.29 is 18.3 Å². The van der Waals surface area contributed by atoms with Crippen molar-refractivity contribution in [2.75, 3.05) is 26.2 Å². The Morgan fingerprint density at radius 2 is 1.72 bits per heavy atom. The van der Waals surface area contributed by atoms with Gasteiger partial charge in [0.25, 0.3) is 5.91 Å². The lowest BCUT2D eigenvalue weighted by Gasteiger charge is -2.30. The maximum absolute atomic E-state index is 12.7. The van der Waals surface area contributed by atoms with E-state index in [-0.39, 0.29) is 17.3 Å². The van der Waals surface area contributed by atoms with E-state index < -0.39 is 16.1 Å². The second kappa shape index (κ2) is 7.43. The lowest BCUT2D eigenvalue weighted by molar-refractivity contribution is 0.0697. The van der Waals surface area contributed by atoms with Crippen LogP contribution in [0.5, 0.6) is 0 Å². The van der Waals surface area contributed by atoms with Crippen molar-refractivity contribution in [1.29, 1.82) is 0 Å². The summed E-state index contributed by atoms with van der Waals surface area (Å²) >= 11 is 0. The van der Waals surface area contributed by atoms with Gasteiger partial charge < -0.3 is 10.0 Å². The number of aliphatic hydroxyl groups excluding tert-OH is 1. The Bertz CT molecular complexity index is 709. The van der Waals surface area contributed by atoms with Crippen molar-refractivity contribution in [3.8, 4) is 0 Å². The zero-order chi connectivity index (χ0) is 18.0. The maximum atomic E-state index is 12.7. The summed E-state index contributed by atoms with van der Waals surface area (Å²) < 4.78 is 26.7. The average molecular weight is 366 g/mol. The van der Waals surface area contributed by atoms with E-state index >= 15 is 0 Å². The molecule has 1 N–H and O–H groups in total. The molecule has 0 spiro atoms. The topological polar surface area (TPSA) is 77.9 Å². The molecule has 1 amide bonds. The van der Waals surface area contributed by atoms with Crippen LogP contribution in [0.15, 0.2) is 29.2 Å². The lowest BCUT2D eigenvalue weighted by atomic mass is 9.98. The van der Waals surface area contributed by atoms with E-state index in [1.165, 1.54) is 16.4 Å². The van der Waals surface area contributed by atoms with E-state index in [1.54, 1.807) is 12.1 Å². The molecule has 0 saturated carbocycles. The first-order valence-electron chi connectivity index (χ1n) is 8.95. The molecule has 1 aromatic carbocycles. The van der Waals surface area contributed by atoms with Crippen molar-refractivity contribution in [2.45, 2.75) is 43.6 Å². The lowest BCUT2D eigenvalue weighted by Crippen LogP contribution is -2.42. The molecule has 138 valence electrons. The highest BCUT2D eigenvalue weighted by atomic mass is 32.2. The number of carbonyl (C=O) groups excluding carboxylic acids is 1. The number of rotatable bonds is 3. The number of hydrogen-bond acceptors (Lipinski definition) is 4. The molecule has 3 rings (SSSR count). The van der Waals surface area contributed by atoms with Gasteiger partial charge in [-0.25, -0.2) is 8.42 Å². The van der Waals surface area contributed by atoms with Gasteiger partial charge >= 0.3 is 0 Å². The molecule has 2 saturated heterocycles. The summed E-state index contributed by atoms with van der Waals surface area (Å²) in [4.78, 5) is 14.6. The number of amides is 1. The van der Waals surface area contributed by atoms with Crippen molar-refractivity contribution in [2.24, 2.45) is 5.92 Å². The first-order valence-corrected chi connectivity index (χ1v) is 10.4. The average Bonchev–Trinajstić information content (AvgIpc) is 2.62. The molecule has 0 aliphatic carbocycles. The van der Waals surface area contributed by atoms with E-state index in [0.717, 1.165) is 25.9 Å². The van der Waals surface area contributed by atoms with Gasteiger partial charge in [0.15, 0.2) is 0 Å². The fourth-order valence-electron chi connectivity index (χ4n) is 3.45. The SMILES string of the molecule is CC1CCN(C(=O)c2ccc(S(=O)(=O)N3CCC[C@H](O)C3)cc2)CC1. The molecule has 1 atom stereocenters. The predicted molar refractivity (Wildman–Crippen MR) is 94.7 cm³/mol. The van der Waals surface area contributed by atoms with Crippen molar-refractivity contribution in [3.05, 3.63) is 29.8 Å². The fourth-order valence-corrected chi connectivity index (χ4v) is 4.97. The van der Waals surface area contributed by atoms with Gasteiger partial charge in [-0.15, -0.1) is 0 Å². The zero-order valence-electron chi connectivity index (χ0n) is 14.6. The quantitative estimate of drug-likeness (QED) is 0.883. The standard InChI is InChI=1S/C18H26N2O4S/c1-14-8-11-19(12-9-14)18(22)15-4-6-17(7-5-15)25(23,24)20-10-2-3-16(21)13-20/h4-7,14,16,21H,2-3,8-13H2,1H3/t16-/m0/s1. The molecule has 7 heteroatoms. The first kappa shape index (κ1) is 18.4. The Morgan fingerprint density at radius 3 is 2.32 bits per heavy atom. The minimum Gasteiger partial charge on any atom is -0.392 e. The molecule has 0 radical (unpaired) electrons. The van der Waals surface area contributed by atoms with Gasteiger partial charge in [-0.05, 0) is 55.9 Å². The second-order valence-corrected chi connectivity index (χ2v) is 9.10. The van der Waals surface area contributed by atoms with Gasteiger partial charge in [-0.1, -0.05) is 6.92 Å². The zero-order valence-corrected chi connectivity index (χ0v) is 15.4. The number of hydrogen-bond donors (Lipinski definition) is 1. The summed E-state index contributed by atoms with van der Waals surface area (Å²) in [6, 6.07) is 6.17. The number of carbonyl (C=O) groups is 1. The van der Waals surface area contributed by atoms with E-state index in [1.807, 2.05) is 4.90 Å². The number of piperidine rings is 2. The van der Waals surface area contributed by atoms with Gasteiger partial charge in [-0.2, -0.15) is 4.31 Å². The minimum atomic E-state index is -3.62. The molecule has 0 bridgehead atoms. The third kappa shape index (κ3) is 4.04. The number of β-amino-alcohol motifs (C(OH)–C–C–N with tert-alkyl or cyclic N) is 1. The van der Waals surface area contributed by atoms with Gasteiger partial charge in [0.2, 0.25) is 10.0 Å². The molecule has 1 aromatic rings. The van der Waals surface area contributed by atoms with Crippen LogP contribution in [0.1, 0.15) is 43.0 Å². The first-order chi connectivity index (χ1) is 11.9. The Morgan fingerprint density at radius 1 is 1.08 bits per heavy atom. The number of aliphatic hydroxyl groups is 1. The van der Waals surface area contributed by atoms with E-state index in [4.69, 9.17) is 0 Å². The highest BCUT2D eigenvalue weighted by Gasteiger charge is 2.29. The third-order valence-corrected chi connectivity index (χ3v) is 7.05. The molecule has 0 aromatic heterocycles.